The van der Waals surface area contributed by atoms with E-state index in [-0.39, 0.29) is 22.7 Å². The fourth-order valence-corrected chi connectivity index (χ4v) is 1.82. The molecule has 2 rings (SSSR count). The van der Waals surface area contributed by atoms with Crippen molar-refractivity contribution in [3.8, 4) is 0 Å². The Morgan fingerprint density at radius 3 is 2.78 bits per heavy atom. The highest BCUT2D eigenvalue weighted by Gasteiger charge is 2.18. The van der Waals surface area contributed by atoms with Crippen molar-refractivity contribution in [2.75, 3.05) is 5.73 Å². The van der Waals surface area contributed by atoms with Gasteiger partial charge in [0.1, 0.15) is 0 Å². The second-order valence-electron chi connectivity index (χ2n) is 4.02. The number of rotatable bonds is 3. The molecule has 5 heteroatoms. The van der Waals surface area contributed by atoms with E-state index in [9.17, 15) is 14.9 Å². The molecule has 0 saturated heterocycles. The van der Waals surface area contributed by atoms with E-state index in [4.69, 9.17) is 5.73 Å². The number of ketones is 1. The van der Waals surface area contributed by atoms with E-state index in [0.717, 1.165) is 6.42 Å². The first-order valence-electron chi connectivity index (χ1n) is 5.54. The molecule has 0 unspecified atom stereocenters. The van der Waals surface area contributed by atoms with Crippen LogP contribution in [0.1, 0.15) is 23.2 Å². The minimum absolute atomic E-state index is 0.125. The third-order valence-corrected chi connectivity index (χ3v) is 2.80. The van der Waals surface area contributed by atoms with Crippen LogP contribution in [0.4, 0.5) is 11.4 Å². The van der Waals surface area contributed by atoms with Crippen LogP contribution < -0.4 is 5.73 Å². The predicted molar refractivity (Wildman–Crippen MR) is 68.3 cm³/mol. The van der Waals surface area contributed by atoms with Crippen molar-refractivity contribution < 1.29 is 9.72 Å². The summed E-state index contributed by atoms with van der Waals surface area (Å²) in [4.78, 5) is 22.3. The number of carbonyl (C=O) groups excluding carboxylic acids is 1. The van der Waals surface area contributed by atoms with Gasteiger partial charge >= 0.3 is 0 Å². The molecule has 18 heavy (non-hydrogen) atoms. The van der Waals surface area contributed by atoms with E-state index in [2.05, 4.69) is 0 Å². The third-order valence-electron chi connectivity index (χ3n) is 2.80. The summed E-state index contributed by atoms with van der Waals surface area (Å²) in [5.41, 5.74) is 6.68. The van der Waals surface area contributed by atoms with Crippen LogP contribution in [0.3, 0.4) is 0 Å². The number of non-ortho nitro benzene ring substituents is 1. The maximum absolute atomic E-state index is 12.2. The molecular weight excluding hydrogens is 232 g/mol. The van der Waals surface area contributed by atoms with Crippen molar-refractivity contribution in [1.82, 2.24) is 0 Å². The number of Topliss-reactive ketones (excluding diaryl/α,β-unsaturated/α-hetero) is 1. The summed E-state index contributed by atoms with van der Waals surface area (Å²) in [6.07, 6.45) is 6.94. The molecule has 0 radical (unpaired) electrons. The van der Waals surface area contributed by atoms with E-state index < -0.39 is 4.92 Å². The number of nitro benzene ring substituents is 1. The Balaban J connectivity index is 2.40. The standard InChI is InChI=1S/C13H12N2O3/c14-12-7-6-10(15(17)18)8-11(12)13(16)9-4-2-1-3-5-9/h1-2,4,6-8H,3,5,14H2. The monoisotopic (exact) mass is 244 g/mol. The molecule has 92 valence electrons. The molecule has 0 heterocycles. The highest BCUT2D eigenvalue weighted by Crippen LogP contribution is 2.25. The van der Waals surface area contributed by atoms with Crippen molar-refractivity contribution in [3.63, 3.8) is 0 Å². The Morgan fingerprint density at radius 2 is 2.17 bits per heavy atom. The van der Waals surface area contributed by atoms with Crippen molar-refractivity contribution in [2.24, 2.45) is 0 Å². The summed E-state index contributed by atoms with van der Waals surface area (Å²) in [5.74, 6) is -0.236. The smallest absolute Gasteiger partial charge is 0.270 e. The summed E-state index contributed by atoms with van der Waals surface area (Å²) in [6, 6.07) is 3.92. The van der Waals surface area contributed by atoms with Crippen molar-refractivity contribution in [1.29, 1.82) is 0 Å². The zero-order chi connectivity index (χ0) is 13.1. The fraction of sp³-hybridized carbons (Fsp3) is 0.154. The number of benzene rings is 1. The fourth-order valence-electron chi connectivity index (χ4n) is 1.82. The minimum atomic E-state index is -0.536. The number of nitro groups is 1. The topological polar surface area (TPSA) is 86.2 Å². The van der Waals surface area contributed by atoms with Gasteiger partial charge in [0, 0.05) is 23.4 Å². The quantitative estimate of drug-likeness (QED) is 0.383. The molecule has 0 aromatic heterocycles. The van der Waals surface area contributed by atoms with Gasteiger partial charge in [0.25, 0.3) is 5.69 Å². The Bertz CT molecular complexity index is 574. The zero-order valence-corrected chi connectivity index (χ0v) is 9.63. The molecule has 0 amide bonds. The summed E-state index contributed by atoms with van der Waals surface area (Å²) >= 11 is 0. The lowest BCUT2D eigenvalue weighted by atomic mass is 9.95. The molecule has 1 aliphatic carbocycles. The molecule has 0 atom stereocenters. The first-order chi connectivity index (χ1) is 8.59. The van der Waals surface area contributed by atoms with Crippen LogP contribution in [0.2, 0.25) is 0 Å². The average molecular weight is 244 g/mol. The van der Waals surface area contributed by atoms with E-state index >= 15 is 0 Å². The van der Waals surface area contributed by atoms with Gasteiger partial charge in [0.15, 0.2) is 5.78 Å². The number of nitrogen functional groups attached to an aromatic ring is 1. The lowest BCUT2D eigenvalue weighted by Crippen LogP contribution is -2.08. The Hall–Kier alpha value is -2.43. The molecule has 5 nitrogen and oxygen atoms in total. The van der Waals surface area contributed by atoms with Crippen LogP contribution in [0.15, 0.2) is 42.0 Å². The average Bonchev–Trinajstić information content (AvgIpc) is 2.39. The highest BCUT2D eigenvalue weighted by atomic mass is 16.6. The molecule has 0 spiro atoms. The SMILES string of the molecule is Nc1ccc([N+](=O)[O-])cc1C(=O)C1=CC=CCC1. The summed E-state index contributed by atoms with van der Waals surface area (Å²) in [6.45, 7) is 0. The largest absolute Gasteiger partial charge is 0.398 e. The van der Waals surface area contributed by atoms with Gasteiger partial charge in [0.05, 0.1) is 10.5 Å². The molecule has 2 N–H and O–H groups in total. The first-order valence-corrected chi connectivity index (χ1v) is 5.54. The number of carbonyl (C=O) groups is 1. The van der Waals surface area contributed by atoms with E-state index in [0.29, 0.717) is 12.0 Å². The van der Waals surface area contributed by atoms with Gasteiger partial charge in [0.2, 0.25) is 0 Å². The number of anilines is 1. The Kier molecular flexibility index (Phi) is 3.23. The van der Waals surface area contributed by atoms with Gasteiger partial charge in [-0.05, 0) is 18.9 Å². The molecule has 0 bridgehead atoms. The summed E-state index contributed by atoms with van der Waals surface area (Å²) < 4.78 is 0. The molecular formula is C13H12N2O3. The van der Waals surface area contributed by atoms with Gasteiger partial charge in [-0.3, -0.25) is 14.9 Å². The maximum Gasteiger partial charge on any atom is 0.270 e. The lowest BCUT2D eigenvalue weighted by Gasteiger charge is -2.09. The van der Waals surface area contributed by atoms with Crippen LogP contribution in [0.5, 0.6) is 0 Å². The number of hydrogen-bond acceptors (Lipinski definition) is 4. The molecule has 1 aromatic rings. The summed E-state index contributed by atoms with van der Waals surface area (Å²) in [7, 11) is 0. The predicted octanol–water partition coefficient (Wildman–Crippen LogP) is 2.64. The Morgan fingerprint density at radius 1 is 1.39 bits per heavy atom. The van der Waals surface area contributed by atoms with Gasteiger partial charge in [-0.1, -0.05) is 18.2 Å². The number of nitrogens with zero attached hydrogens (tertiary/aromatic N) is 1. The van der Waals surface area contributed by atoms with Gasteiger partial charge < -0.3 is 5.73 Å². The first kappa shape index (κ1) is 12.0. The molecule has 0 fully saturated rings. The number of hydrogen-bond donors (Lipinski definition) is 1. The minimum Gasteiger partial charge on any atom is -0.398 e. The second-order valence-corrected chi connectivity index (χ2v) is 4.02. The van der Waals surface area contributed by atoms with E-state index in [1.807, 2.05) is 12.2 Å². The van der Waals surface area contributed by atoms with E-state index in [1.54, 1.807) is 6.08 Å². The molecule has 0 aliphatic heterocycles. The van der Waals surface area contributed by atoms with Crippen molar-refractivity contribution in [2.45, 2.75) is 12.8 Å². The molecule has 1 aliphatic rings. The second kappa shape index (κ2) is 4.83. The van der Waals surface area contributed by atoms with Crippen molar-refractivity contribution >= 4 is 17.2 Å². The zero-order valence-electron chi connectivity index (χ0n) is 9.63. The number of nitrogens with two attached hydrogens (primary N) is 1. The summed E-state index contributed by atoms with van der Waals surface area (Å²) in [5, 5.41) is 10.7. The highest BCUT2D eigenvalue weighted by molar-refractivity contribution is 6.12. The van der Waals surface area contributed by atoms with Crippen molar-refractivity contribution in [3.05, 3.63) is 57.7 Å². The lowest BCUT2D eigenvalue weighted by molar-refractivity contribution is -0.384. The maximum atomic E-state index is 12.2. The van der Waals surface area contributed by atoms with Crippen LogP contribution in [-0.2, 0) is 0 Å². The van der Waals surface area contributed by atoms with Gasteiger partial charge in [-0.25, -0.2) is 0 Å². The molecule has 0 saturated carbocycles. The van der Waals surface area contributed by atoms with Crippen LogP contribution in [0, 0.1) is 10.1 Å². The van der Waals surface area contributed by atoms with Crippen LogP contribution >= 0.6 is 0 Å². The van der Waals surface area contributed by atoms with Crippen LogP contribution in [0.25, 0.3) is 0 Å². The molecule has 1 aromatic carbocycles. The van der Waals surface area contributed by atoms with E-state index in [1.165, 1.54) is 18.2 Å². The van der Waals surface area contributed by atoms with Crippen LogP contribution in [-0.4, -0.2) is 10.7 Å². The van der Waals surface area contributed by atoms with Gasteiger partial charge in [-0.2, -0.15) is 0 Å². The van der Waals surface area contributed by atoms with Gasteiger partial charge in [-0.15, -0.1) is 0 Å². The Labute approximate surface area is 104 Å². The normalized spacial score (nSPS) is 14.1. The third kappa shape index (κ3) is 2.29. The number of allylic oxidation sites excluding steroid dienone is 4.